The van der Waals surface area contributed by atoms with Crippen molar-refractivity contribution < 1.29 is 9.53 Å². The van der Waals surface area contributed by atoms with Crippen LogP contribution >= 0.6 is 11.6 Å². The van der Waals surface area contributed by atoms with Gasteiger partial charge in [0.15, 0.2) is 6.10 Å². The lowest BCUT2D eigenvalue weighted by Crippen LogP contribution is -2.14. The number of aryl methyl sites for hydroxylation is 1. The Morgan fingerprint density at radius 3 is 2.78 bits per heavy atom. The second-order valence-corrected chi connectivity index (χ2v) is 5.74. The van der Waals surface area contributed by atoms with Gasteiger partial charge in [-0.25, -0.2) is 0 Å². The first-order chi connectivity index (χ1) is 11.1. The van der Waals surface area contributed by atoms with Crippen LogP contribution in [0.4, 0.5) is 0 Å². The van der Waals surface area contributed by atoms with E-state index in [1.807, 2.05) is 38.1 Å². The van der Waals surface area contributed by atoms with E-state index in [9.17, 15) is 4.79 Å². The number of nitrogens with one attached hydrogen (secondary N) is 1. The number of hydrogen-bond donors (Lipinski definition) is 1. The van der Waals surface area contributed by atoms with Crippen molar-refractivity contribution in [3.8, 4) is 0 Å². The third-order valence-corrected chi connectivity index (χ3v) is 3.99. The number of nitrogens with zero attached hydrogens (tertiary/aromatic N) is 1. The molecule has 5 heteroatoms. The molecule has 1 atom stereocenters. The Morgan fingerprint density at radius 2 is 2.09 bits per heavy atom. The van der Waals surface area contributed by atoms with E-state index in [0.717, 1.165) is 5.56 Å². The average molecular weight is 329 g/mol. The lowest BCUT2D eigenvalue weighted by atomic mass is 9.99. The number of carbonyl (C=O) groups excluding carboxylic acids is 1. The normalized spacial score (nSPS) is 17.3. The first kappa shape index (κ1) is 15.6. The Morgan fingerprint density at radius 1 is 1.30 bits per heavy atom. The van der Waals surface area contributed by atoms with Gasteiger partial charge in [0.05, 0.1) is 5.69 Å². The molecule has 2 heterocycles. The molecule has 1 N–H and O–H groups in total. The highest BCUT2D eigenvalue weighted by atomic mass is 35.5. The van der Waals surface area contributed by atoms with Gasteiger partial charge >= 0.3 is 0 Å². The van der Waals surface area contributed by atoms with Crippen LogP contribution in [-0.2, 0) is 9.53 Å². The summed E-state index contributed by atoms with van der Waals surface area (Å²) in [6.45, 7) is 4.56. The van der Waals surface area contributed by atoms with E-state index >= 15 is 0 Å². The number of Topliss-reactive ketones (excluding diaryl/α,β-unsaturated/α-hetero) is 1. The molecule has 118 valence electrons. The van der Waals surface area contributed by atoms with Gasteiger partial charge in [-0.15, -0.1) is 0 Å². The van der Waals surface area contributed by atoms with Crippen molar-refractivity contribution >= 4 is 23.0 Å². The summed E-state index contributed by atoms with van der Waals surface area (Å²) in [5.74, 6) is 0.327. The van der Waals surface area contributed by atoms with Crippen LogP contribution in [0, 0.1) is 6.92 Å². The van der Waals surface area contributed by atoms with Crippen molar-refractivity contribution in [1.82, 2.24) is 10.3 Å². The molecule has 0 saturated heterocycles. The molecule has 2 aromatic rings. The molecule has 23 heavy (non-hydrogen) atoms. The second-order valence-electron chi connectivity index (χ2n) is 5.34. The van der Waals surface area contributed by atoms with Gasteiger partial charge in [0.1, 0.15) is 5.57 Å². The molecule has 0 aliphatic carbocycles. The molecule has 0 radical (unpaired) electrons. The van der Waals surface area contributed by atoms with Gasteiger partial charge in [-0.2, -0.15) is 0 Å². The van der Waals surface area contributed by atoms with Crippen molar-refractivity contribution in [2.75, 3.05) is 6.54 Å². The molecule has 4 nitrogen and oxygen atoms in total. The van der Waals surface area contributed by atoms with Crippen molar-refractivity contribution in [2.45, 2.75) is 20.0 Å². The van der Waals surface area contributed by atoms with Gasteiger partial charge in [0, 0.05) is 23.3 Å². The number of aromatic nitrogens is 1. The van der Waals surface area contributed by atoms with Crippen LogP contribution in [0.2, 0.25) is 5.02 Å². The molecule has 0 spiro atoms. The molecule has 1 aromatic heterocycles. The largest absolute Gasteiger partial charge is 0.462 e. The van der Waals surface area contributed by atoms with Gasteiger partial charge in [0.2, 0.25) is 11.7 Å². The van der Waals surface area contributed by atoms with E-state index in [4.69, 9.17) is 16.3 Å². The minimum absolute atomic E-state index is 0.132. The van der Waals surface area contributed by atoms with Gasteiger partial charge in [-0.05, 0) is 37.6 Å². The smallest absolute Gasteiger partial charge is 0.215 e. The van der Waals surface area contributed by atoms with Gasteiger partial charge in [-0.1, -0.05) is 29.8 Å². The number of pyridine rings is 1. The quantitative estimate of drug-likeness (QED) is 0.930. The fourth-order valence-electron chi connectivity index (χ4n) is 2.57. The fraction of sp³-hybridized carbons (Fsp3) is 0.222. The fourth-order valence-corrected chi connectivity index (χ4v) is 2.81. The zero-order chi connectivity index (χ0) is 16.4. The molecular formula is C18H17ClN2O2. The standard InChI is InChI=1S/C18H17ClN2O2/c1-3-20-18-15(14-10-11(2)8-9-21-14)16(22)17(23-18)12-6-4-5-7-13(12)19/h4-10,17,20H,3H2,1-2H3. The summed E-state index contributed by atoms with van der Waals surface area (Å²) in [6.07, 6.45) is 0.951. The molecule has 0 fully saturated rings. The average Bonchev–Trinajstić information content (AvgIpc) is 2.84. The Kier molecular flexibility index (Phi) is 4.35. The summed E-state index contributed by atoms with van der Waals surface area (Å²) in [5.41, 5.74) is 2.78. The highest BCUT2D eigenvalue weighted by Crippen LogP contribution is 2.38. The molecule has 3 rings (SSSR count). The monoisotopic (exact) mass is 328 g/mol. The van der Waals surface area contributed by atoms with Gasteiger partial charge in [0.25, 0.3) is 0 Å². The zero-order valence-electron chi connectivity index (χ0n) is 13.0. The number of ether oxygens (including phenoxy) is 1. The lowest BCUT2D eigenvalue weighted by molar-refractivity contribution is -0.120. The van der Waals surface area contributed by atoms with E-state index in [2.05, 4.69) is 10.3 Å². The Hall–Kier alpha value is -2.33. The maximum atomic E-state index is 12.9. The summed E-state index contributed by atoms with van der Waals surface area (Å²) in [7, 11) is 0. The van der Waals surface area contributed by atoms with Crippen molar-refractivity contribution in [1.29, 1.82) is 0 Å². The molecule has 1 aliphatic heterocycles. The van der Waals surface area contributed by atoms with E-state index in [-0.39, 0.29) is 5.78 Å². The number of rotatable bonds is 4. The minimum Gasteiger partial charge on any atom is -0.462 e. The van der Waals surface area contributed by atoms with E-state index in [0.29, 0.717) is 34.3 Å². The van der Waals surface area contributed by atoms with Crippen LogP contribution in [0.15, 0.2) is 48.5 Å². The number of ketones is 1. The summed E-state index contributed by atoms with van der Waals surface area (Å²) >= 11 is 6.23. The van der Waals surface area contributed by atoms with Crippen molar-refractivity contribution in [3.63, 3.8) is 0 Å². The predicted octanol–water partition coefficient (Wildman–Crippen LogP) is 3.66. The topological polar surface area (TPSA) is 51.2 Å². The van der Waals surface area contributed by atoms with Crippen LogP contribution in [0.3, 0.4) is 0 Å². The summed E-state index contributed by atoms with van der Waals surface area (Å²) in [6, 6.07) is 11.0. The van der Waals surface area contributed by atoms with E-state index in [1.54, 1.807) is 18.3 Å². The zero-order valence-corrected chi connectivity index (χ0v) is 13.7. The Balaban J connectivity index is 2.04. The third-order valence-electron chi connectivity index (χ3n) is 3.64. The lowest BCUT2D eigenvalue weighted by Gasteiger charge is -2.13. The van der Waals surface area contributed by atoms with Crippen molar-refractivity contribution in [3.05, 3.63) is 70.3 Å². The summed E-state index contributed by atoms with van der Waals surface area (Å²) in [4.78, 5) is 17.3. The van der Waals surface area contributed by atoms with Crippen molar-refractivity contribution in [2.24, 2.45) is 0 Å². The maximum Gasteiger partial charge on any atom is 0.215 e. The Bertz CT molecular complexity index is 786. The number of carbonyl (C=O) groups is 1. The number of hydrogen-bond acceptors (Lipinski definition) is 4. The molecule has 0 bridgehead atoms. The molecule has 0 saturated carbocycles. The van der Waals surface area contributed by atoms with Crippen LogP contribution in [0.5, 0.6) is 0 Å². The number of halogens is 1. The van der Waals surface area contributed by atoms with Crippen LogP contribution in [0.25, 0.3) is 5.57 Å². The molecule has 0 amide bonds. The van der Waals surface area contributed by atoms with Crippen LogP contribution in [0.1, 0.15) is 29.8 Å². The highest BCUT2D eigenvalue weighted by molar-refractivity contribution is 6.32. The highest BCUT2D eigenvalue weighted by Gasteiger charge is 2.38. The summed E-state index contributed by atoms with van der Waals surface area (Å²) < 4.78 is 5.88. The van der Waals surface area contributed by atoms with E-state index < -0.39 is 6.10 Å². The van der Waals surface area contributed by atoms with Gasteiger partial charge < -0.3 is 10.1 Å². The first-order valence-corrected chi connectivity index (χ1v) is 7.86. The second kappa shape index (κ2) is 6.42. The van der Waals surface area contributed by atoms with Crippen LogP contribution < -0.4 is 5.32 Å². The molecule has 1 aromatic carbocycles. The Labute approximate surface area is 140 Å². The summed E-state index contributed by atoms with van der Waals surface area (Å²) in [5, 5.41) is 3.63. The maximum absolute atomic E-state index is 12.9. The van der Waals surface area contributed by atoms with Gasteiger partial charge in [-0.3, -0.25) is 9.78 Å². The predicted molar refractivity (Wildman–Crippen MR) is 89.9 cm³/mol. The molecule has 1 aliphatic rings. The molecule has 1 unspecified atom stereocenters. The SMILES string of the molecule is CCNC1=C(c2cc(C)ccn2)C(=O)C(c2ccccc2Cl)O1. The number of benzene rings is 1. The minimum atomic E-state index is -0.741. The van der Waals surface area contributed by atoms with Crippen LogP contribution in [-0.4, -0.2) is 17.3 Å². The first-order valence-electron chi connectivity index (χ1n) is 7.48. The third kappa shape index (κ3) is 2.94. The van der Waals surface area contributed by atoms with E-state index in [1.165, 1.54) is 0 Å². The molecular weight excluding hydrogens is 312 g/mol.